The van der Waals surface area contributed by atoms with E-state index in [2.05, 4.69) is 5.10 Å². The SMILES string of the molecule is CCc1nn(C)cc1S(=O)(=O)N1CCCc2cc(C(=O)O)ccc21. The predicted molar refractivity (Wildman–Crippen MR) is 88.8 cm³/mol. The molecule has 128 valence electrons. The fraction of sp³-hybridized carbons (Fsp3) is 0.375. The Balaban J connectivity index is 2.09. The lowest BCUT2D eigenvalue weighted by Gasteiger charge is -2.30. The number of carboxylic acid groups (broad SMARTS) is 1. The van der Waals surface area contributed by atoms with Crippen molar-refractivity contribution >= 4 is 21.7 Å². The molecule has 1 aliphatic heterocycles. The molecule has 1 aliphatic rings. The van der Waals surface area contributed by atoms with Crippen molar-refractivity contribution in [3.8, 4) is 0 Å². The molecular formula is C16H19N3O4S. The molecule has 1 aromatic carbocycles. The molecule has 0 amide bonds. The van der Waals surface area contributed by atoms with Crippen LogP contribution in [0.25, 0.3) is 0 Å². The van der Waals surface area contributed by atoms with Crippen molar-refractivity contribution in [1.29, 1.82) is 0 Å². The number of sulfonamides is 1. The minimum absolute atomic E-state index is 0.170. The summed E-state index contributed by atoms with van der Waals surface area (Å²) in [4.78, 5) is 11.3. The highest BCUT2D eigenvalue weighted by Gasteiger charge is 2.32. The lowest BCUT2D eigenvalue weighted by molar-refractivity contribution is 0.0696. The number of fused-ring (bicyclic) bond motifs is 1. The first-order valence-corrected chi connectivity index (χ1v) is 9.20. The summed E-state index contributed by atoms with van der Waals surface area (Å²) in [7, 11) is -2.03. The van der Waals surface area contributed by atoms with Gasteiger partial charge in [0.05, 0.1) is 16.9 Å². The monoisotopic (exact) mass is 349 g/mol. The molecule has 0 spiro atoms. The van der Waals surface area contributed by atoms with Crippen molar-refractivity contribution in [3.05, 3.63) is 41.2 Å². The van der Waals surface area contributed by atoms with Crippen LogP contribution in [0.1, 0.15) is 35.0 Å². The Labute approximate surface area is 140 Å². The largest absolute Gasteiger partial charge is 0.478 e. The van der Waals surface area contributed by atoms with E-state index in [4.69, 9.17) is 5.11 Å². The van der Waals surface area contributed by atoms with E-state index in [0.717, 1.165) is 5.56 Å². The highest BCUT2D eigenvalue weighted by Crippen LogP contribution is 2.33. The van der Waals surface area contributed by atoms with Crippen LogP contribution in [0.2, 0.25) is 0 Å². The van der Waals surface area contributed by atoms with Gasteiger partial charge in [0.15, 0.2) is 0 Å². The summed E-state index contributed by atoms with van der Waals surface area (Å²) in [5, 5.41) is 13.3. The predicted octanol–water partition coefficient (Wildman–Crippen LogP) is 1.82. The summed E-state index contributed by atoms with van der Waals surface area (Å²) in [6, 6.07) is 4.58. The maximum atomic E-state index is 13.1. The Bertz CT molecular complexity index is 902. The number of aryl methyl sites for hydroxylation is 3. The molecule has 3 rings (SSSR count). The molecule has 0 fully saturated rings. The van der Waals surface area contributed by atoms with Crippen LogP contribution in [0.5, 0.6) is 0 Å². The van der Waals surface area contributed by atoms with Gasteiger partial charge >= 0.3 is 5.97 Å². The van der Waals surface area contributed by atoms with Crippen molar-refractivity contribution in [2.24, 2.45) is 7.05 Å². The van der Waals surface area contributed by atoms with Gasteiger partial charge in [0.1, 0.15) is 4.90 Å². The Morgan fingerprint density at radius 1 is 1.38 bits per heavy atom. The van der Waals surface area contributed by atoms with E-state index in [1.807, 2.05) is 6.92 Å². The maximum Gasteiger partial charge on any atom is 0.335 e. The van der Waals surface area contributed by atoms with Gasteiger partial charge in [-0.25, -0.2) is 13.2 Å². The molecular weight excluding hydrogens is 330 g/mol. The Morgan fingerprint density at radius 3 is 2.79 bits per heavy atom. The number of carbonyl (C=O) groups is 1. The Morgan fingerprint density at radius 2 is 2.12 bits per heavy atom. The second-order valence-electron chi connectivity index (χ2n) is 5.80. The summed E-state index contributed by atoms with van der Waals surface area (Å²) in [5.74, 6) is -1.02. The third kappa shape index (κ3) is 2.66. The first-order valence-electron chi connectivity index (χ1n) is 7.76. The van der Waals surface area contributed by atoms with Crippen molar-refractivity contribution in [2.45, 2.75) is 31.1 Å². The van der Waals surface area contributed by atoms with Gasteiger partial charge in [-0.2, -0.15) is 5.10 Å². The highest BCUT2D eigenvalue weighted by molar-refractivity contribution is 7.92. The Kier molecular flexibility index (Phi) is 4.08. The molecule has 0 bridgehead atoms. The topological polar surface area (TPSA) is 92.5 Å². The number of hydrogen-bond acceptors (Lipinski definition) is 4. The zero-order valence-electron chi connectivity index (χ0n) is 13.6. The lowest BCUT2D eigenvalue weighted by atomic mass is 10.0. The van der Waals surface area contributed by atoms with Crippen LogP contribution in [0, 0.1) is 0 Å². The number of aromatic carboxylic acids is 1. The van der Waals surface area contributed by atoms with Crippen LogP contribution in [-0.4, -0.2) is 35.8 Å². The summed E-state index contributed by atoms with van der Waals surface area (Å²) in [6.45, 7) is 2.24. The van der Waals surface area contributed by atoms with Crippen LogP contribution in [0.4, 0.5) is 5.69 Å². The van der Waals surface area contributed by atoms with E-state index in [-0.39, 0.29) is 10.5 Å². The Hall–Kier alpha value is -2.35. The van der Waals surface area contributed by atoms with Crippen LogP contribution < -0.4 is 4.31 Å². The van der Waals surface area contributed by atoms with Gasteiger partial charge in [0.25, 0.3) is 10.0 Å². The zero-order chi connectivity index (χ0) is 17.5. The molecule has 2 heterocycles. The molecule has 8 heteroatoms. The molecule has 0 unspecified atom stereocenters. The quantitative estimate of drug-likeness (QED) is 0.909. The van der Waals surface area contributed by atoms with Crippen molar-refractivity contribution in [3.63, 3.8) is 0 Å². The molecule has 0 aliphatic carbocycles. The molecule has 1 aromatic heterocycles. The second kappa shape index (κ2) is 5.94. The summed E-state index contributed by atoms with van der Waals surface area (Å²) < 4.78 is 29.1. The summed E-state index contributed by atoms with van der Waals surface area (Å²) in [5.41, 5.74) is 2.00. The van der Waals surface area contributed by atoms with Gasteiger partial charge in [-0.1, -0.05) is 6.92 Å². The summed E-state index contributed by atoms with van der Waals surface area (Å²) >= 11 is 0. The van der Waals surface area contributed by atoms with Crippen LogP contribution in [0.15, 0.2) is 29.3 Å². The third-order valence-corrected chi connectivity index (χ3v) is 6.03. The van der Waals surface area contributed by atoms with Crippen molar-refractivity contribution in [2.75, 3.05) is 10.8 Å². The molecule has 1 N–H and O–H groups in total. The number of rotatable bonds is 4. The highest BCUT2D eigenvalue weighted by atomic mass is 32.2. The van der Waals surface area contributed by atoms with E-state index < -0.39 is 16.0 Å². The van der Waals surface area contributed by atoms with E-state index in [0.29, 0.717) is 37.2 Å². The van der Waals surface area contributed by atoms with Gasteiger partial charge in [-0.3, -0.25) is 8.99 Å². The zero-order valence-corrected chi connectivity index (χ0v) is 14.4. The molecule has 0 atom stereocenters. The van der Waals surface area contributed by atoms with Gasteiger partial charge < -0.3 is 5.11 Å². The van der Waals surface area contributed by atoms with E-state index in [1.54, 1.807) is 19.2 Å². The van der Waals surface area contributed by atoms with Gasteiger partial charge in [-0.05, 0) is 43.0 Å². The minimum atomic E-state index is -3.73. The van der Waals surface area contributed by atoms with Gasteiger partial charge in [0, 0.05) is 19.8 Å². The molecule has 0 saturated heterocycles. The average Bonchev–Trinajstić information content (AvgIpc) is 2.95. The fourth-order valence-electron chi connectivity index (χ4n) is 3.04. The van der Waals surface area contributed by atoms with Crippen LogP contribution in [0.3, 0.4) is 0 Å². The number of anilines is 1. The van der Waals surface area contributed by atoms with E-state index in [1.165, 1.54) is 21.3 Å². The van der Waals surface area contributed by atoms with E-state index in [9.17, 15) is 13.2 Å². The standard InChI is InChI=1S/C16H19N3O4S/c1-3-13-15(10-18(2)17-13)24(22,23)19-8-4-5-11-9-12(16(20)21)6-7-14(11)19/h6-7,9-10H,3-5,8H2,1-2H3,(H,20,21). The van der Waals surface area contributed by atoms with Crippen molar-refractivity contribution < 1.29 is 18.3 Å². The normalized spacial score (nSPS) is 14.5. The molecule has 7 nitrogen and oxygen atoms in total. The first kappa shape index (κ1) is 16.5. The number of aromatic nitrogens is 2. The minimum Gasteiger partial charge on any atom is -0.478 e. The van der Waals surface area contributed by atoms with Gasteiger partial charge in [0.2, 0.25) is 0 Å². The molecule has 0 saturated carbocycles. The van der Waals surface area contributed by atoms with Crippen molar-refractivity contribution in [1.82, 2.24) is 9.78 Å². The van der Waals surface area contributed by atoms with Gasteiger partial charge in [-0.15, -0.1) is 0 Å². The number of carboxylic acids is 1. The lowest BCUT2D eigenvalue weighted by Crippen LogP contribution is -2.35. The number of nitrogens with zero attached hydrogens (tertiary/aromatic N) is 3. The number of hydrogen-bond donors (Lipinski definition) is 1. The summed E-state index contributed by atoms with van der Waals surface area (Å²) in [6.07, 6.45) is 3.36. The molecule has 24 heavy (non-hydrogen) atoms. The van der Waals surface area contributed by atoms with E-state index >= 15 is 0 Å². The molecule has 0 radical (unpaired) electrons. The maximum absolute atomic E-state index is 13.1. The number of benzene rings is 1. The average molecular weight is 349 g/mol. The third-order valence-electron chi connectivity index (χ3n) is 4.17. The smallest absolute Gasteiger partial charge is 0.335 e. The van der Waals surface area contributed by atoms with Crippen LogP contribution >= 0.6 is 0 Å². The molecule has 2 aromatic rings. The second-order valence-corrected chi connectivity index (χ2v) is 7.63. The fourth-order valence-corrected chi connectivity index (χ4v) is 4.85. The van der Waals surface area contributed by atoms with Crippen LogP contribution in [-0.2, 0) is 29.9 Å². The first-order chi connectivity index (χ1) is 11.3.